The molecule has 3 rings (SSSR count). The highest BCUT2D eigenvalue weighted by Crippen LogP contribution is 2.18. The van der Waals surface area contributed by atoms with E-state index in [4.69, 9.17) is 4.74 Å². The van der Waals surface area contributed by atoms with Crippen molar-refractivity contribution >= 4 is 11.6 Å². The van der Waals surface area contributed by atoms with Gasteiger partial charge < -0.3 is 19.9 Å². The van der Waals surface area contributed by atoms with Gasteiger partial charge in [0.05, 0.1) is 12.7 Å². The molecular formula is C20H24F3N3O2+2. The highest BCUT2D eigenvalue weighted by atomic mass is 19.2. The fraction of sp³-hybridized carbons (Fsp3) is 0.350. The molecule has 1 amide bonds. The molecule has 8 heteroatoms. The van der Waals surface area contributed by atoms with Crippen molar-refractivity contribution in [3.63, 3.8) is 0 Å². The van der Waals surface area contributed by atoms with E-state index < -0.39 is 11.6 Å². The number of carbonyl (C=O) groups is 1. The van der Waals surface area contributed by atoms with Gasteiger partial charge in [0.2, 0.25) is 0 Å². The molecule has 1 aliphatic heterocycles. The predicted molar refractivity (Wildman–Crippen MR) is 97.9 cm³/mol. The van der Waals surface area contributed by atoms with E-state index in [0.29, 0.717) is 12.3 Å². The van der Waals surface area contributed by atoms with Crippen LogP contribution in [-0.2, 0) is 11.3 Å². The van der Waals surface area contributed by atoms with E-state index in [1.165, 1.54) is 23.1 Å². The summed E-state index contributed by atoms with van der Waals surface area (Å²) in [4.78, 5) is 14.6. The number of hydrogen-bond acceptors (Lipinski definition) is 2. The molecule has 3 N–H and O–H groups in total. The molecular weight excluding hydrogens is 371 g/mol. The molecule has 0 aliphatic carbocycles. The number of carbonyl (C=O) groups excluding carboxylic acids is 1. The standard InChI is InChI=1S/C20H22F3N3O2/c1-28-19-5-2-15(21)10-14(19)12-25-6-8-26(9-7-25)13-20(27)24-16-3-4-17(22)18(23)11-16/h2-5,10-11H,6-9,12-13H2,1H3,(H,24,27)/p+2. The van der Waals surface area contributed by atoms with E-state index >= 15 is 0 Å². The lowest BCUT2D eigenvalue weighted by Gasteiger charge is -2.29. The van der Waals surface area contributed by atoms with E-state index in [1.807, 2.05) is 0 Å². The Morgan fingerprint density at radius 3 is 2.39 bits per heavy atom. The van der Waals surface area contributed by atoms with Gasteiger partial charge in [-0.2, -0.15) is 0 Å². The van der Waals surface area contributed by atoms with Crippen molar-refractivity contribution in [2.24, 2.45) is 0 Å². The average molecular weight is 395 g/mol. The van der Waals surface area contributed by atoms with Crippen LogP contribution in [0, 0.1) is 17.5 Å². The monoisotopic (exact) mass is 395 g/mol. The molecule has 2 aromatic rings. The summed E-state index contributed by atoms with van der Waals surface area (Å²) in [5.41, 5.74) is 1.07. The summed E-state index contributed by atoms with van der Waals surface area (Å²) in [6.45, 7) is 4.18. The Balaban J connectivity index is 1.48. The molecule has 0 atom stereocenters. The van der Waals surface area contributed by atoms with Gasteiger partial charge in [-0.25, -0.2) is 13.2 Å². The molecule has 0 spiro atoms. The molecule has 0 saturated carbocycles. The summed E-state index contributed by atoms with van der Waals surface area (Å²) in [5.74, 6) is -1.79. The topological polar surface area (TPSA) is 47.2 Å². The maximum absolute atomic E-state index is 13.5. The number of quaternary nitrogens is 2. The molecule has 150 valence electrons. The largest absolute Gasteiger partial charge is 0.496 e. The number of methoxy groups -OCH3 is 1. The lowest BCUT2D eigenvalue weighted by Crippen LogP contribution is -3.28. The van der Waals surface area contributed by atoms with Crippen molar-refractivity contribution in [1.82, 2.24) is 0 Å². The number of anilines is 1. The van der Waals surface area contributed by atoms with Crippen LogP contribution in [0.25, 0.3) is 0 Å². The third-order valence-corrected chi connectivity index (χ3v) is 4.96. The van der Waals surface area contributed by atoms with Crippen LogP contribution >= 0.6 is 0 Å². The van der Waals surface area contributed by atoms with Gasteiger partial charge in [-0.3, -0.25) is 4.79 Å². The maximum atomic E-state index is 13.5. The number of piperazine rings is 1. The fourth-order valence-electron chi connectivity index (χ4n) is 3.47. The third-order valence-electron chi connectivity index (χ3n) is 4.96. The highest BCUT2D eigenvalue weighted by Gasteiger charge is 2.26. The first kappa shape index (κ1) is 20.2. The zero-order chi connectivity index (χ0) is 20.1. The van der Waals surface area contributed by atoms with E-state index in [0.717, 1.165) is 48.8 Å². The lowest BCUT2D eigenvalue weighted by molar-refractivity contribution is -1.02. The summed E-state index contributed by atoms with van der Waals surface area (Å²) >= 11 is 0. The smallest absolute Gasteiger partial charge is 0.279 e. The average Bonchev–Trinajstić information content (AvgIpc) is 2.66. The van der Waals surface area contributed by atoms with Crippen molar-refractivity contribution in [1.29, 1.82) is 0 Å². The maximum Gasteiger partial charge on any atom is 0.279 e. The molecule has 0 unspecified atom stereocenters. The van der Waals surface area contributed by atoms with Gasteiger partial charge in [-0.05, 0) is 30.3 Å². The van der Waals surface area contributed by atoms with Crippen LogP contribution in [-0.4, -0.2) is 45.7 Å². The molecule has 0 aromatic heterocycles. The Bertz CT molecular complexity index is 839. The fourth-order valence-corrected chi connectivity index (χ4v) is 3.47. The summed E-state index contributed by atoms with van der Waals surface area (Å²) < 4.78 is 45.0. The van der Waals surface area contributed by atoms with Crippen LogP contribution in [0.15, 0.2) is 36.4 Å². The first-order valence-corrected chi connectivity index (χ1v) is 9.19. The molecule has 1 fully saturated rings. The van der Waals surface area contributed by atoms with Gasteiger partial charge in [0.25, 0.3) is 5.91 Å². The molecule has 1 aliphatic rings. The molecule has 1 saturated heterocycles. The van der Waals surface area contributed by atoms with Crippen molar-refractivity contribution in [3.8, 4) is 5.75 Å². The molecule has 5 nitrogen and oxygen atoms in total. The Morgan fingerprint density at radius 2 is 1.71 bits per heavy atom. The van der Waals surface area contributed by atoms with Crippen LogP contribution < -0.4 is 19.9 Å². The highest BCUT2D eigenvalue weighted by molar-refractivity contribution is 5.91. The quantitative estimate of drug-likeness (QED) is 0.647. The van der Waals surface area contributed by atoms with Crippen LogP contribution in [0.1, 0.15) is 5.56 Å². The second-order valence-electron chi connectivity index (χ2n) is 6.99. The normalized spacial score (nSPS) is 19.3. The second-order valence-corrected chi connectivity index (χ2v) is 6.99. The summed E-state index contributed by atoms with van der Waals surface area (Å²) in [6.07, 6.45) is 0. The Hall–Kier alpha value is -2.58. The van der Waals surface area contributed by atoms with Gasteiger partial charge in [0, 0.05) is 11.8 Å². The summed E-state index contributed by atoms with van der Waals surface area (Å²) in [5, 5.41) is 2.60. The Kier molecular flexibility index (Phi) is 6.53. The van der Waals surface area contributed by atoms with Gasteiger partial charge >= 0.3 is 0 Å². The minimum absolute atomic E-state index is 0.240. The van der Waals surface area contributed by atoms with Gasteiger partial charge in [0.15, 0.2) is 18.2 Å². The van der Waals surface area contributed by atoms with E-state index in [9.17, 15) is 18.0 Å². The van der Waals surface area contributed by atoms with Gasteiger partial charge in [-0.1, -0.05) is 0 Å². The molecule has 0 bridgehead atoms. The van der Waals surface area contributed by atoms with Crippen molar-refractivity contribution in [2.75, 3.05) is 45.2 Å². The second kappa shape index (κ2) is 9.07. The lowest BCUT2D eigenvalue weighted by atomic mass is 10.1. The number of benzene rings is 2. The molecule has 1 heterocycles. The number of nitrogens with one attached hydrogen (secondary N) is 3. The molecule has 28 heavy (non-hydrogen) atoms. The number of halogens is 3. The first-order chi connectivity index (χ1) is 13.4. The molecule has 2 aromatic carbocycles. The SMILES string of the molecule is COc1ccc(F)cc1C[NH+]1CC[NH+](CC(=O)Nc2ccc(F)c(F)c2)CC1. The zero-order valence-electron chi connectivity index (χ0n) is 15.7. The van der Waals surface area contributed by atoms with Crippen LogP contribution in [0.4, 0.5) is 18.9 Å². The van der Waals surface area contributed by atoms with Crippen molar-refractivity contribution in [3.05, 3.63) is 59.4 Å². The van der Waals surface area contributed by atoms with E-state index in [2.05, 4.69) is 5.32 Å². The number of amides is 1. The van der Waals surface area contributed by atoms with Gasteiger partial charge in [0.1, 0.15) is 44.3 Å². The number of ether oxygens (including phenoxy) is 1. The first-order valence-electron chi connectivity index (χ1n) is 9.19. The van der Waals surface area contributed by atoms with Crippen LogP contribution in [0.2, 0.25) is 0 Å². The molecule has 0 radical (unpaired) electrons. The Labute approximate surface area is 161 Å². The third kappa shape index (κ3) is 5.24. The Morgan fingerprint density at radius 1 is 1.00 bits per heavy atom. The minimum atomic E-state index is -0.991. The van der Waals surface area contributed by atoms with E-state index in [-0.39, 0.29) is 24.0 Å². The zero-order valence-corrected chi connectivity index (χ0v) is 15.7. The van der Waals surface area contributed by atoms with Crippen molar-refractivity contribution in [2.45, 2.75) is 6.54 Å². The van der Waals surface area contributed by atoms with Crippen LogP contribution in [0.3, 0.4) is 0 Å². The minimum Gasteiger partial charge on any atom is -0.496 e. The summed E-state index contributed by atoms with van der Waals surface area (Å²) in [6, 6.07) is 7.80. The number of hydrogen-bond donors (Lipinski definition) is 3. The predicted octanol–water partition coefficient (Wildman–Crippen LogP) is 0.0346. The number of rotatable bonds is 6. The van der Waals surface area contributed by atoms with Crippen molar-refractivity contribution < 1.29 is 32.5 Å². The van der Waals surface area contributed by atoms with Gasteiger partial charge in [-0.15, -0.1) is 0 Å². The summed E-state index contributed by atoms with van der Waals surface area (Å²) in [7, 11) is 1.57. The van der Waals surface area contributed by atoms with Crippen LogP contribution in [0.5, 0.6) is 5.75 Å². The van der Waals surface area contributed by atoms with E-state index in [1.54, 1.807) is 13.2 Å².